The van der Waals surface area contributed by atoms with Crippen molar-refractivity contribution in [2.45, 2.75) is 32.4 Å². The fraction of sp³-hybridized carbons (Fsp3) is 0.455. The van der Waals surface area contributed by atoms with Crippen molar-refractivity contribution in [1.29, 1.82) is 0 Å². The lowest BCUT2D eigenvalue weighted by molar-refractivity contribution is -0.0998. The van der Waals surface area contributed by atoms with Crippen LogP contribution in [0.2, 0.25) is 0 Å². The highest BCUT2D eigenvalue weighted by molar-refractivity contribution is 6.00. The van der Waals surface area contributed by atoms with Crippen molar-refractivity contribution in [2.75, 3.05) is 27.2 Å². The number of piperidine rings is 1. The van der Waals surface area contributed by atoms with Crippen molar-refractivity contribution in [3.63, 3.8) is 0 Å². The first-order valence-electron chi connectivity index (χ1n) is 9.59. The molecule has 0 spiro atoms. The standard InChI is InChI=1S/C22H29N3O3/c1-21(2)14-23-11-10-22(21,28)15-25-13-18(20(27)24(3)4)17(12-19(25)26)16-8-6-5-7-9-16/h5-9,12-13,23,28H,10-11,14-15H2,1-4H3/t22-/m1/s1. The second-order valence-corrected chi connectivity index (χ2v) is 8.47. The van der Waals surface area contributed by atoms with Crippen LogP contribution in [0.25, 0.3) is 11.1 Å². The molecule has 6 heteroatoms. The zero-order chi connectivity index (χ0) is 20.5. The predicted octanol–water partition coefficient (Wildman–Crippen LogP) is 1.97. The number of amides is 1. The summed E-state index contributed by atoms with van der Waals surface area (Å²) in [7, 11) is 3.38. The first-order chi connectivity index (χ1) is 13.1. The van der Waals surface area contributed by atoms with Gasteiger partial charge in [-0.1, -0.05) is 44.2 Å². The van der Waals surface area contributed by atoms with Crippen molar-refractivity contribution >= 4 is 5.91 Å². The highest BCUT2D eigenvalue weighted by Crippen LogP contribution is 2.37. The van der Waals surface area contributed by atoms with E-state index in [2.05, 4.69) is 5.32 Å². The van der Waals surface area contributed by atoms with Crippen LogP contribution in [-0.2, 0) is 6.54 Å². The molecule has 150 valence electrons. The minimum Gasteiger partial charge on any atom is -0.387 e. The Hall–Kier alpha value is -2.44. The Morgan fingerprint density at radius 1 is 1.25 bits per heavy atom. The molecule has 1 aliphatic rings. The van der Waals surface area contributed by atoms with Crippen LogP contribution >= 0.6 is 0 Å². The molecule has 6 nitrogen and oxygen atoms in total. The lowest BCUT2D eigenvalue weighted by Gasteiger charge is -2.47. The SMILES string of the molecule is CN(C)C(=O)c1cn(C[C@]2(O)CCNCC2(C)C)c(=O)cc1-c1ccccc1. The molecular weight excluding hydrogens is 354 g/mol. The van der Waals surface area contributed by atoms with E-state index in [9.17, 15) is 14.7 Å². The van der Waals surface area contributed by atoms with E-state index in [0.29, 0.717) is 30.6 Å². The normalized spacial score (nSPS) is 21.3. The number of aliphatic hydroxyl groups is 1. The van der Waals surface area contributed by atoms with Crippen molar-refractivity contribution < 1.29 is 9.90 Å². The molecule has 2 aromatic rings. The molecule has 1 aromatic carbocycles. The van der Waals surface area contributed by atoms with Crippen LogP contribution in [-0.4, -0.2) is 53.3 Å². The summed E-state index contributed by atoms with van der Waals surface area (Å²) in [6.45, 7) is 5.51. The summed E-state index contributed by atoms with van der Waals surface area (Å²) < 4.78 is 1.48. The van der Waals surface area contributed by atoms with Crippen LogP contribution in [0, 0.1) is 5.41 Å². The zero-order valence-electron chi connectivity index (χ0n) is 17.0. The minimum atomic E-state index is -1.03. The van der Waals surface area contributed by atoms with Crippen molar-refractivity contribution in [3.05, 3.63) is 58.5 Å². The van der Waals surface area contributed by atoms with Gasteiger partial charge in [-0.3, -0.25) is 9.59 Å². The Morgan fingerprint density at radius 2 is 1.93 bits per heavy atom. The Morgan fingerprint density at radius 3 is 2.54 bits per heavy atom. The smallest absolute Gasteiger partial charge is 0.255 e. The maximum Gasteiger partial charge on any atom is 0.255 e. The molecule has 0 radical (unpaired) electrons. The van der Waals surface area contributed by atoms with Gasteiger partial charge in [0.05, 0.1) is 17.7 Å². The Bertz CT molecular complexity index is 918. The summed E-state index contributed by atoms with van der Waals surface area (Å²) >= 11 is 0. The van der Waals surface area contributed by atoms with Crippen molar-refractivity contribution in [1.82, 2.24) is 14.8 Å². The van der Waals surface area contributed by atoms with E-state index in [1.807, 2.05) is 44.2 Å². The average Bonchev–Trinajstić information content (AvgIpc) is 2.65. The number of carbonyl (C=O) groups is 1. The van der Waals surface area contributed by atoms with E-state index in [0.717, 1.165) is 5.56 Å². The van der Waals surface area contributed by atoms with Gasteiger partial charge in [0, 0.05) is 43.9 Å². The number of rotatable bonds is 4. The molecule has 28 heavy (non-hydrogen) atoms. The maximum absolute atomic E-state index is 12.9. The molecule has 3 rings (SSSR count). The molecule has 2 heterocycles. The number of hydrogen-bond donors (Lipinski definition) is 2. The topological polar surface area (TPSA) is 74.6 Å². The lowest BCUT2D eigenvalue weighted by Crippen LogP contribution is -2.58. The number of hydrogen-bond acceptors (Lipinski definition) is 4. The van der Waals surface area contributed by atoms with Gasteiger partial charge in [0.15, 0.2) is 0 Å². The quantitative estimate of drug-likeness (QED) is 0.847. The van der Waals surface area contributed by atoms with Crippen LogP contribution in [0.4, 0.5) is 0 Å². The highest BCUT2D eigenvalue weighted by atomic mass is 16.3. The van der Waals surface area contributed by atoms with Crippen LogP contribution in [0.1, 0.15) is 30.6 Å². The third-order valence-corrected chi connectivity index (χ3v) is 5.82. The van der Waals surface area contributed by atoms with Crippen molar-refractivity contribution in [2.24, 2.45) is 5.41 Å². The van der Waals surface area contributed by atoms with Gasteiger partial charge in [-0.25, -0.2) is 0 Å². The number of nitrogens with zero attached hydrogens (tertiary/aromatic N) is 2. The van der Waals surface area contributed by atoms with Crippen molar-refractivity contribution in [3.8, 4) is 11.1 Å². The van der Waals surface area contributed by atoms with Crippen LogP contribution in [0.3, 0.4) is 0 Å². The van der Waals surface area contributed by atoms with Crippen LogP contribution in [0.5, 0.6) is 0 Å². The highest BCUT2D eigenvalue weighted by Gasteiger charge is 2.45. The molecule has 1 atom stereocenters. The number of nitrogens with one attached hydrogen (secondary N) is 1. The van der Waals surface area contributed by atoms with Gasteiger partial charge in [0.25, 0.3) is 11.5 Å². The summed E-state index contributed by atoms with van der Waals surface area (Å²) in [6.07, 6.45) is 2.15. The Balaban J connectivity index is 2.10. The van der Waals surface area contributed by atoms with Crippen LogP contribution < -0.4 is 10.9 Å². The molecule has 1 fully saturated rings. The molecule has 0 saturated carbocycles. The van der Waals surface area contributed by atoms with Gasteiger partial charge >= 0.3 is 0 Å². The second-order valence-electron chi connectivity index (χ2n) is 8.47. The van der Waals surface area contributed by atoms with E-state index in [4.69, 9.17) is 0 Å². The minimum absolute atomic E-state index is 0.156. The van der Waals surface area contributed by atoms with Gasteiger partial charge in [0.2, 0.25) is 0 Å². The summed E-state index contributed by atoms with van der Waals surface area (Å²) in [5.41, 5.74) is 0.224. The molecule has 0 aliphatic carbocycles. The predicted molar refractivity (Wildman–Crippen MR) is 110 cm³/mol. The number of carbonyl (C=O) groups excluding carboxylic acids is 1. The largest absolute Gasteiger partial charge is 0.387 e. The van der Waals surface area contributed by atoms with E-state index < -0.39 is 11.0 Å². The average molecular weight is 383 g/mol. The Labute approximate surface area is 165 Å². The monoisotopic (exact) mass is 383 g/mol. The molecule has 1 aliphatic heterocycles. The van der Waals surface area contributed by atoms with Gasteiger partial charge in [-0.05, 0) is 18.5 Å². The van der Waals surface area contributed by atoms with Crippen LogP contribution in [0.15, 0.2) is 47.4 Å². The number of benzene rings is 1. The molecule has 1 saturated heterocycles. The molecular formula is C22H29N3O3. The molecule has 2 N–H and O–H groups in total. The number of aromatic nitrogens is 1. The summed E-state index contributed by atoms with van der Waals surface area (Å²) in [6, 6.07) is 10.9. The molecule has 1 aromatic heterocycles. The third kappa shape index (κ3) is 3.75. The Kier molecular flexibility index (Phi) is 5.46. The summed E-state index contributed by atoms with van der Waals surface area (Å²) in [5.74, 6) is -0.177. The van der Waals surface area contributed by atoms with Gasteiger partial charge in [0.1, 0.15) is 0 Å². The van der Waals surface area contributed by atoms with E-state index in [1.165, 1.54) is 15.5 Å². The first-order valence-corrected chi connectivity index (χ1v) is 9.59. The number of pyridine rings is 1. The first kappa shape index (κ1) is 20.3. The summed E-state index contributed by atoms with van der Waals surface area (Å²) in [4.78, 5) is 27.2. The van der Waals surface area contributed by atoms with Gasteiger partial charge < -0.3 is 19.9 Å². The third-order valence-electron chi connectivity index (χ3n) is 5.82. The zero-order valence-corrected chi connectivity index (χ0v) is 17.0. The molecule has 0 bridgehead atoms. The fourth-order valence-corrected chi connectivity index (χ4v) is 3.74. The van der Waals surface area contributed by atoms with Gasteiger partial charge in [-0.15, -0.1) is 0 Å². The second kappa shape index (κ2) is 7.53. The lowest BCUT2D eigenvalue weighted by atomic mass is 9.70. The van der Waals surface area contributed by atoms with E-state index in [1.54, 1.807) is 20.3 Å². The maximum atomic E-state index is 12.9. The fourth-order valence-electron chi connectivity index (χ4n) is 3.74. The molecule has 1 amide bonds. The van der Waals surface area contributed by atoms with E-state index in [-0.39, 0.29) is 18.0 Å². The summed E-state index contributed by atoms with van der Waals surface area (Å²) in [5, 5.41) is 14.6. The molecule has 0 unspecified atom stereocenters. The van der Waals surface area contributed by atoms with E-state index >= 15 is 0 Å². The van der Waals surface area contributed by atoms with Gasteiger partial charge in [-0.2, -0.15) is 0 Å².